The Morgan fingerprint density at radius 1 is 1.32 bits per heavy atom. The number of morpholine rings is 1. The number of nitrogens with zero attached hydrogens (tertiary/aromatic N) is 2. The van der Waals surface area contributed by atoms with Crippen LogP contribution >= 0.6 is 11.3 Å². The third-order valence-corrected chi connectivity index (χ3v) is 5.82. The number of pyridine rings is 1. The van der Waals surface area contributed by atoms with Crippen LogP contribution in [0.3, 0.4) is 0 Å². The first-order valence-electron chi connectivity index (χ1n) is 8.96. The van der Waals surface area contributed by atoms with Gasteiger partial charge in [-0.05, 0) is 24.3 Å². The van der Waals surface area contributed by atoms with Gasteiger partial charge in [-0.1, -0.05) is 6.07 Å². The van der Waals surface area contributed by atoms with E-state index in [2.05, 4.69) is 15.2 Å². The van der Waals surface area contributed by atoms with Crippen LogP contribution in [0.2, 0.25) is 0 Å². The summed E-state index contributed by atoms with van der Waals surface area (Å²) < 4.78 is 25.6. The zero-order valence-corrected chi connectivity index (χ0v) is 16.2. The summed E-state index contributed by atoms with van der Waals surface area (Å²) in [5.41, 5.74) is 1.55. The molecule has 0 unspecified atom stereocenters. The van der Waals surface area contributed by atoms with E-state index in [-0.39, 0.29) is 18.3 Å². The van der Waals surface area contributed by atoms with Gasteiger partial charge in [0.2, 0.25) is 0 Å². The number of amides is 1. The molecule has 1 N–H and O–H groups in total. The van der Waals surface area contributed by atoms with Crippen molar-refractivity contribution >= 4 is 38.8 Å². The normalized spacial score (nSPS) is 14.4. The molecule has 0 aliphatic carbocycles. The van der Waals surface area contributed by atoms with Crippen molar-refractivity contribution in [2.24, 2.45) is 0 Å². The summed E-state index contributed by atoms with van der Waals surface area (Å²) >= 11 is 1.25. The fraction of sp³-hybridized carbons (Fsp3) is 0.300. The molecule has 0 atom stereocenters. The molecule has 1 aliphatic heterocycles. The van der Waals surface area contributed by atoms with Gasteiger partial charge in [-0.15, -0.1) is 11.3 Å². The number of hydrogen-bond donors (Lipinski definition) is 1. The van der Waals surface area contributed by atoms with Crippen LogP contribution in [-0.4, -0.2) is 44.3 Å². The van der Waals surface area contributed by atoms with Gasteiger partial charge in [-0.25, -0.2) is 9.37 Å². The molecule has 0 saturated carbocycles. The van der Waals surface area contributed by atoms with Gasteiger partial charge in [0.1, 0.15) is 11.6 Å². The predicted octanol–water partition coefficient (Wildman–Crippen LogP) is 3.67. The van der Waals surface area contributed by atoms with E-state index in [1.54, 1.807) is 24.4 Å². The number of ether oxygens (including phenoxy) is 2. The SMILES string of the molecule is COCc1c(C(=O)Nc2ccc(N3CCOCC3)cn2)sc2cccc(F)c12. The first-order valence-corrected chi connectivity index (χ1v) is 9.78. The van der Waals surface area contributed by atoms with Crippen molar-refractivity contribution in [1.82, 2.24) is 4.98 Å². The van der Waals surface area contributed by atoms with Crippen LogP contribution < -0.4 is 10.2 Å². The Balaban J connectivity index is 1.56. The van der Waals surface area contributed by atoms with Crippen molar-refractivity contribution in [3.8, 4) is 0 Å². The quantitative estimate of drug-likeness (QED) is 0.707. The molecule has 3 heterocycles. The Kier molecular flexibility index (Phi) is 5.52. The van der Waals surface area contributed by atoms with E-state index in [0.717, 1.165) is 18.8 Å². The molecule has 0 radical (unpaired) electrons. The molecule has 3 aromatic rings. The highest BCUT2D eigenvalue weighted by molar-refractivity contribution is 7.21. The summed E-state index contributed by atoms with van der Waals surface area (Å²) in [6, 6.07) is 8.52. The lowest BCUT2D eigenvalue weighted by molar-refractivity contribution is 0.102. The van der Waals surface area contributed by atoms with Crippen LogP contribution in [0, 0.1) is 5.82 Å². The molecule has 8 heteroatoms. The molecule has 146 valence electrons. The summed E-state index contributed by atoms with van der Waals surface area (Å²) in [6.45, 7) is 3.20. The second-order valence-corrected chi connectivity index (χ2v) is 7.46. The molecule has 4 rings (SSSR count). The molecular formula is C20H20FN3O3S. The van der Waals surface area contributed by atoms with Crippen molar-refractivity contribution in [2.45, 2.75) is 6.61 Å². The Morgan fingerprint density at radius 2 is 2.14 bits per heavy atom. The van der Waals surface area contributed by atoms with Crippen molar-refractivity contribution in [3.63, 3.8) is 0 Å². The van der Waals surface area contributed by atoms with Crippen LogP contribution in [0.15, 0.2) is 36.5 Å². The highest BCUT2D eigenvalue weighted by atomic mass is 32.1. The molecule has 1 amide bonds. The number of benzene rings is 1. The standard InChI is InChI=1S/C20H20FN3O3S/c1-26-12-14-18-15(21)3-2-4-16(18)28-19(14)20(25)23-17-6-5-13(11-22-17)24-7-9-27-10-8-24/h2-6,11H,7-10,12H2,1H3,(H,22,23,25). The molecule has 6 nitrogen and oxygen atoms in total. The van der Waals surface area contributed by atoms with E-state index in [1.807, 2.05) is 6.07 Å². The summed E-state index contributed by atoms with van der Waals surface area (Å²) in [7, 11) is 1.53. The Morgan fingerprint density at radius 3 is 2.86 bits per heavy atom. The second-order valence-electron chi connectivity index (χ2n) is 6.41. The number of halogens is 1. The van der Waals surface area contributed by atoms with Crippen molar-refractivity contribution in [2.75, 3.05) is 43.6 Å². The number of thiophene rings is 1. The van der Waals surface area contributed by atoms with Gasteiger partial charge in [0, 0.05) is 35.8 Å². The fourth-order valence-corrected chi connectivity index (χ4v) is 4.39. The molecule has 1 aliphatic rings. The van der Waals surface area contributed by atoms with Gasteiger partial charge >= 0.3 is 0 Å². The average Bonchev–Trinajstić information content (AvgIpc) is 3.09. The van der Waals surface area contributed by atoms with Crippen LogP contribution in [0.4, 0.5) is 15.9 Å². The largest absolute Gasteiger partial charge is 0.380 e. The third kappa shape index (κ3) is 3.71. The van der Waals surface area contributed by atoms with Gasteiger partial charge in [0.15, 0.2) is 0 Å². The average molecular weight is 401 g/mol. The monoisotopic (exact) mass is 401 g/mol. The first kappa shape index (κ1) is 18.8. The molecule has 1 fully saturated rings. The number of anilines is 2. The van der Waals surface area contributed by atoms with Gasteiger partial charge < -0.3 is 19.7 Å². The molecular weight excluding hydrogens is 381 g/mol. The lowest BCUT2D eigenvalue weighted by Crippen LogP contribution is -2.36. The summed E-state index contributed by atoms with van der Waals surface area (Å²) in [4.78, 5) is 19.8. The van der Waals surface area contributed by atoms with Gasteiger partial charge in [0.05, 0.1) is 36.6 Å². The van der Waals surface area contributed by atoms with Crippen LogP contribution in [0.25, 0.3) is 10.1 Å². The highest BCUT2D eigenvalue weighted by Gasteiger charge is 2.21. The maximum absolute atomic E-state index is 14.3. The maximum Gasteiger partial charge on any atom is 0.267 e. The van der Waals surface area contributed by atoms with Gasteiger partial charge in [0.25, 0.3) is 5.91 Å². The summed E-state index contributed by atoms with van der Waals surface area (Å²) in [5, 5.41) is 3.25. The minimum absolute atomic E-state index is 0.160. The summed E-state index contributed by atoms with van der Waals surface area (Å²) in [6.07, 6.45) is 1.74. The first-order chi connectivity index (χ1) is 13.7. The fourth-order valence-electron chi connectivity index (χ4n) is 3.27. The van der Waals surface area contributed by atoms with E-state index in [0.29, 0.717) is 39.6 Å². The lowest BCUT2D eigenvalue weighted by atomic mass is 10.1. The van der Waals surface area contributed by atoms with Crippen molar-refractivity contribution in [1.29, 1.82) is 0 Å². The minimum Gasteiger partial charge on any atom is -0.380 e. The number of carbonyl (C=O) groups is 1. The smallest absolute Gasteiger partial charge is 0.267 e. The number of carbonyl (C=O) groups excluding carboxylic acids is 1. The minimum atomic E-state index is -0.354. The third-order valence-electron chi connectivity index (χ3n) is 4.62. The van der Waals surface area contributed by atoms with E-state index in [9.17, 15) is 9.18 Å². The number of aromatic nitrogens is 1. The second kappa shape index (κ2) is 8.22. The van der Waals surface area contributed by atoms with Crippen molar-refractivity contribution < 1.29 is 18.7 Å². The number of rotatable bonds is 5. The summed E-state index contributed by atoms with van der Waals surface area (Å²) in [5.74, 6) is -0.226. The lowest BCUT2D eigenvalue weighted by Gasteiger charge is -2.28. The molecule has 0 bridgehead atoms. The number of methoxy groups -OCH3 is 1. The molecule has 1 saturated heterocycles. The van der Waals surface area contributed by atoms with E-state index < -0.39 is 0 Å². The number of nitrogens with one attached hydrogen (secondary N) is 1. The molecule has 2 aromatic heterocycles. The zero-order chi connectivity index (χ0) is 19.5. The van der Waals surface area contributed by atoms with Crippen molar-refractivity contribution in [3.05, 3.63) is 52.8 Å². The van der Waals surface area contributed by atoms with E-state index in [1.165, 1.54) is 24.5 Å². The van der Waals surface area contributed by atoms with Crippen LogP contribution in [-0.2, 0) is 16.1 Å². The Bertz CT molecular complexity index is 984. The van der Waals surface area contributed by atoms with Gasteiger partial charge in [-0.3, -0.25) is 4.79 Å². The van der Waals surface area contributed by atoms with E-state index >= 15 is 0 Å². The number of hydrogen-bond acceptors (Lipinski definition) is 6. The molecule has 0 spiro atoms. The van der Waals surface area contributed by atoms with Gasteiger partial charge in [-0.2, -0.15) is 0 Å². The molecule has 1 aromatic carbocycles. The Hall–Kier alpha value is -2.55. The maximum atomic E-state index is 14.3. The van der Waals surface area contributed by atoms with Crippen LogP contribution in [0.1, 0.15) is 15.2 Å². The Labute approximate surface area is 165 Å². The highest BCUT2D eigenvalue weighted by Crippen LogP contribution is 2.34. The van der Waals surface area contributed by atoms with E-state index in [4.69, 9.17) is 9.47 Å². The molecule has 28 heavy (non-hydrogen) atoms. The number of fused-ring (bicyclic) bond motifs is 1. The topological polar surface area (TPSA) is 63.7 Å². The van der Waals surface area contributed by atoms with Crippen LogP contribution in [0.5, 0.6) is 0 Å². The predicted molar refractivity (Wildman–Crippen MR) is 108 cm³/mol. The zero-order valence-electron chi connectivity index (χ0n) is 15.4.